The number of quaternary nitrogens is 1. The number of piperazine rings is 1. The maximum atomic E-state index is 13.5. The van der Waals surface area contributed by atoms with E-state index in [0.717, 1.165) is 42.9 Å². The molecule has 0 aromatic heterocycles. The molecule has 2 aromatic carbocycles. The fourth-order valence-corrected chi connectivity index (χ4v) is 6.27. The number of piperidine rings is 1. The number of urea groups is 1. The first-order chi connectivity index (χ1) is 18.4. The number of carbonyl (C=O) groups excluding carboxylic acids is 1. The molecule has 0 radical (unpaired) electrons. The van der Waals surface area contributed by atoms with Crippen LogP contribution in [0.15, 0.2) is 48.5 Å². The van der Waals surface area contributed by atoms with E-state index < -0.39 is 6.09 Å². The van der Waals surface area contributed by atoms with Crippen LogP contribution in [0.4, 0.5) is 25.4 Å². The highest BCUT2D eigenvalue weighted by molar-refractivity contribution is 5.91. The number of nitrogens with zero attached hydrogens (tertiary/aromatic N) is 4. The Hall–Kier alpha value is -3.17. The molecule has 0 aliphatic carbocycles. The average Bonchev–Trinajstić information content (AvgIpc) is 2.88. The van der Waals surface area contributed by atoms with Gasteiger partial charge in [0.2, 0.25) is 0 Å². The fraction of sp³-hybridized carbons (Fsp3) is 0.533. The predicted molar refractivity (Wildman–Crippen MR) is 153 cm³/mol. The zero-order valence-electron chi connectivity index (χ0n) is 23.9. The van der Waals surface area contributed by atoms with Crippen LogP contribution in [0.1, 0.15) is 46.1 Å². The molecule has 0 spiro atoms. The highest BCUT2D eigenvalue weighted by atomic mass is 19.1. The molecule has 1 unspecified atom stereocenters. The normalized spacial score (nSPS) is 22.9. The number of hydrogen-bond acceptors (Lipinski definition) is 4. The third-order valence-electron chi connectivity index (χ3n) is 8.56. The summed E-state index contributed by atoms with van der Waals surface area (Å²) >= 11 is 0. The second-order valence-corrected chi connectivity index (χ2v) is 12.1. The van der Waals surface area contributed by atoms with Crippen molar-refractivity contribution in [1.82, 2.24) is 9.80 Å². The molecule has 39 heavy (non-hydrogen) atoms. The Morgan fingerprint density at radius 2 is 1.77 bits per heavy atom. The minimum atomic E-state index is -0.751. The van der Waals surface area contributed by atoms with Crippen LogP contribution >= 0.6 is 0 Å². The average molecular weight is 541 g/mol. The summed E-state index contributed by atoms with van der Waals surface area (Å²) in [4.78, 5) is 31.3. The standard InChI is InChI=1S/C30H42FN5O3/c1-22-20-34(17-18-36(22,29(38)39)30(2,3)4)21-23-9-11-27(12-10-23)33(5)28(37)35-15-13-25(14-16-35)32-26-8-6-7-24(31)19-26/h6-12,19,22,25,32H,13-18,20-21H2,1-5H3/p+1/t22-,36?/m0/s1. The van der Waals surface area contributed by atoms with Crippen molar-refractivity contribution in [3.63, 3.8) is 0 Å². The summed E-state index contributed by atoms with van der Waals surface area (Å²) in [5.41, 5.74) is 2.38. The molecule has 0 bridgehead atoms. The van der Waals surface area contributed by atoms with Crippen LogP contribution in [0.5, 0.6) is 0 Å². The highest BCUT2D eigenvalue weighted by Crippen LogP contribution is 2.33. The lowest BCUT2D eigenvalue weighted by atomic mass is 9.95. The van der Waals surface area contributed by atoms with Gasteiger partial charge in [0.05, 0.1) is 6.54 Å². The molecule has 2 fully saturated rings. The number of nitrogens with one attached hydrogen (secondary N) is 1. The smallest absolute Gasteiger partial charge is 0.435 e. The van der Waals surface area contributed by atoms with Crippen molar-refractivity contribution in [3.8, 4) is 0 Å². The second kappa shape index (κ2) is 11.5. The Labute approximate surface area is 231 Å². The molecule has 4 rings (SSSR count). The van der Waals surface area contributed by atoms with Gasteiger partial charge < -0.3 is 15.3 Å². The van der Waals surface area contributed by atoms with E-state index in [2.05, 4.69) is 22.3 Å². The molecule has 2 atom stereocenters. The zero-order valence-corrected chi connectivity index (χ0v) is 23.9. The molecule has 8 nitrogen and oxygen atoms in total. The van der Waals surface area contributed by atoms with Gasteiger partial charge in [0.15, 0.2) is 0 Å². The number of halogens is 1. The fourth-order valence-electron chi connectivity index (χ4n) is 6.27. The Kier molecular flexibility index (Phi) is 8.51. The van der Waals surface area contributed by atoms with E-state index in [0.29, 0.717) is 26.2 Å². The molecule has 2 saturated heterocycles. The molecule has 2 N–H and O–H groups in total. The van der Waals surface area contributed by atoms with E-state index in [1.54, 1.807) is 18.0 Å². The van der Waals surface area contributed by atoms with Gasteiger partial charge in [-0.3, -0.25) is 9.80 Å². The van der Waals surface area contributed by atoms with Crippen LogP contribution in [0, 0.1) is 5.82 Å². The van der Waals surface area contributed by atoms with Crippen LogP contribution in [-0.4, -0.2) is 88.9 Å². The summed E-state index contributed by atoms with van der Waals surface area (Å²) < 4.78 is 13.5. The number of carbonyl (C=O) groups is 2. The van der Waals surface area contributed by atoms with Crippen molar-refractivity contribution in [2.75, 3.05) is 50.0 Å². The van der Waals surface area contributed by atoms with Crippen LogP contribution in [0.2, 0.25) is 0 Å². The first kappa shape index (κ1) is 28.8. The van der Waals surface area contributed by atoms with Crippen LogP contribution < -0.4 is 10.2 Å². The summed E-state index contributed by atoms with van der Waals surface area (Å²) in [6, 6.07) is 14.7. The molecule has 9 heteroatoms. The lowest BCUT2D eigenvalue weighted by Crippen LogP contribution is -2.73. The molecule has 212 valence electrons. The van der Waals surface area contributed by atoms with Gasteiger partial charge >= 0.3 is 12.1 Å². The van der Waals surface area contributed by atoms with Gasteiger partial charge in [-0.1, -0.05) is 18.2 Å². The summed E-state index contributed by atoms with van der Waals surface area (Å²) in [5, 5.41) is 13.5. The van der Waals surface area contributed by atoms with Crippen LogP contribution in [0.3, 0.4) is 0 Å². The van der Waals surface area contributed by atoms with Crippen molar-refractivity contribution < 1.29 is 23.6 Å². The molecule has 3 amide bonds. The molecule has 2 aliphatic heterocycles. The summed E-state index contributed by atoms with van der Waals surface area (Å²) in [7, 11) is 1.80. The minimum Gasteiger partial charge on any atom is -0.435 e. The van der Waals surface area contributed by atoms with Crippen molar-refractivity contribution in [2.45, 2.75) is 64.7 Å². The number of carboxylic acid groups (broad SMARTS) is 1. The maximum absolute atomic E-state index is 13.5. The topological polar surface area (TPSA) is 76.1 Å². The number of amides is 3. The highest BCUT2D eigenvalue weighted by Gasteiger charge is 2.54. The molecule has 2 aromatic rings. The SMILES string of the molecule is C[C@H]1CN(Cc2ccc(N(C)C(=O)N3CCC(Nc4cccc(F)c4)CC3)cc2)CC[N+]1(C(=O)O)C(C)(C)C. The van der Waals surface area contributed by atoms with Crippen LogP contribution in [0.25, 0.3) is 0 Å². The number of likely N-dealkylation sites (tertiary alicyclic amines) is 1. The van der Waals surface area contributed by atoms with Crippen LogP contribution in [-0.2, 0) is 6.54 Å². The minimum absolute atomic E-state index is 0.0209. The predicted octanol–water partition coefficient (Wildman–Crippen LogP) is 5.46. The van der Waals surface area contributed by atoms with Crippen molar-refractivity contribution in [1.29, 1.82) is 0 Å². The Bertz CT molecular complexity index is 1160. The third-order valence-corrected chi connectivity index (χ3v) is 8.56. The molecular formula is C30H43FN5O3+. The van der Waals surface area contributed by atoms with E-state index >= 15 is 0 Å². The lowest BCUT2D eigenvalue weighted by Gasteiger charge is -2.52. The third kappa shape index (κ3) is 6.20. The number of rotatable bonds is 5. The lowest BCUT2D eigenvalue weighted by molar-refractivity contribution is -0.929. The van der Waals surface area contributed by atoms with E-state index in [-0.39, 0.29) is 34.0 Å². The first-order valence-corrected chi connectivity index (χ1v) is 13.9. The number of anilines is 2. The van der Waals surface area contributed by atoms with E-state index in [1.165, 1.54) is 12.1 Å². The van der Waals surface area contributed by atoms with E-state index in [1.807, 2.05) is 50.8 Å². The van der Waals surface area contributed by atoms with Gasteiger partial charge in [-0.25, -0.2) is 13.7 Å². The Balaban J connectivity index is 1.29. The largest absolute Gasteiger partial charge is 0.514 e. The molecular weight excluding hydrogens is 497 g/mol. The van der Waals surface area contributed by atoms with E-state index in [4.69, 9.17) is 0 Å². The quantitative estimate of drug-likeness (QED) is 0.493. The van der Waals surface area contributed by atoms with Gasteiger partial charge in [-0.2, -0.15) is 4.79 Å². The molecule has 0 saturated carbocycles. The maximum Gasteiger partial charge on any atom is 0.514 e. The first-order valence-electron chi connectivity index (χ1n) is 13.9. The second-order valence-electron chi connectivity index (χ2n) is 12.1. The van der Waals surface area contributed by atoms with Gasteiger partial charge in [-0.15, -0.1) is 0 Å². The van der Waals surface area contributed by atoms with Crippen molar-refractivity contribution in [3.05, 3.63) is 59.9 Å². The van der Waals surface area contributed by atoms with Crippen molar-refractivity contribution >= 4 is 23.5 Å². The van der Waals surface area contributed by atoms with Crippen molar-refractivity contribution in [2.24, 2.45) is 0 Å². The molecule has 2 aliphatic rings. The monoisotopic (exact) mass is 540 g/mol. The zero-order chi connectivity index (χ0) is 28.4. The number of hydrogen-bond donors (Lipinski definition) is 2. The number of benzene rings is 2. The van der Waals surface area contributed by atoms with Gasteiger partial charge in [0, 0.05) is 50.6 Å². The van der Waals surface area contributed by atoms with E-state index in [9.17, 15) is 19.1 Å². The summed E-state index contributed by atoms with van der Waals surface area (Å²) in [6.45, 7) is 12.1. The summed E-state index contributed by atoms with van der Waals surface area (Å²) in [5.74, 6) is -0.259. The van der Waals surface area contributed by atoms with Gasteiger partial charge in [0.1, 0.15) is 23.9 Å². The molecule has 2 heterocycles. The Morgan fingerprint density at radius 3 is 2.33 bits per heavy atom. The summed E-state index contributed by atoms with van der Waals surface area (Å²) in [6.07, 6.45) is 0.861. The van der Waals surface area contributed by atoms with Gasteiger partial charge in [0.25, 0.3) is 0 Å². The van der Waals surface area contributed by atoms with Gasteiger partial charge in [-0.05, 0) is 76.4 Å². The Morgan fingerprint density at radius 1 is 1.10 bits per heavy atom.